The molecule has 0 aliphatic heterocycles. The Morgan fingerprint density at radius 3 is 2.32 bits per heavy atom. The molecule has 0 saturated heterocycles. The molecular weight excluding hydrogens is 394 g/mol. The summed E-state index contributed by atoms with van der Waals surface area (Å²) in [6.45, 7) is 13.6. The first-order valence-corrected chi connectivity index (χ1v) is 11.9. The van der Waals surface area contributed by atoms with Crippen LogP contribution in [0.2, 0.25) is 0 Å². The number of nitrogens with zero attached hydrogens (tertiary/aromatic N) is 1. The molecule has 0 aliphatic carbocycles. The number of thiophene rings is 1. The maximum atomic E-state index is 4.87. The predicted molar refractivity (Wildman–Crippen MR) is 138 cm³/mol. The number of hydrogen-bond donors (Lipinski definition) is 0. The van der Waals surface area contributed by atoms with Gasteiger partial charge in [-0.25, -0.2) is 0 Å². The van der Waals surface area contributed by atoms with Gasteiger partial charge in [-0.15, -0.1) is 11.3 Å². The highest BCUT2D eigenvalue weighted by atomic mass is 32.1. The average molecular weight is 424 g/mol. The summed E-state index contributed by atoms with van der Waals surface area (Å²) in [5, 5.41) is 6.42. The average Bonchev–Trinajstić information content (AvgIpc) is 3.11. The molecule has 0 atom stereocenters. The summed E-state index contributed by atoms with van der Waals surface area (Å²) < 4.78 is 1.40. The molecule has 0 saturated carbocycles. The summed E-state index contributed by atoms with van der Waals surface area (Å²) in [5.74, 6) is 0.532. The minimum atomic E-state index is 0.0794. The molecule has 3 aromatic carbocycles. The van der Waals surface area contributed by atoms with E-state index in [-0.39, 0.29) is 5.41 Å². The molecule has 5 aromatic rings. The molecular formula is C29H29NS. The second kappa shape index (κ2) is 7.17. The smallest absolute Gasteiger partial charge is 0.0780 e. The summed E-state index contributed by atoms with van der Waals surface area (Å²) >= 11 is 1.90. The van der Waals surface area contributed by atoms with Crippen molar-refractivity contribution in [3.8, 4) is 11.3 Å². The van der Waals surface area contributed by atoms with Crippen molar-refractivity contribution >= 4 is 43.0 Å². The molecule has 0 N–H and O–H groups in total. The van der Waals surface area contributed by atoms with E-state index in [0.29, 0.717) is 5.92 Å². The van der Waals surface area contributed by atoms with Crippen molar-refractivity contribution in [2.24, 2.45) is 0 Å². The molecule has 0 bridgehead atoms. The highest BCUT2D eigenvalue weighted by Gasteiger charge is 2.21. The third-order valence-corrected chi connectivity index (χ3v) is 7.37. The van der Waals surface area contributed by atoms with Gasteiger partial charge in [0.2, 0.25) is 0 Å². The summed E-state index contributed by atoms with van der Waals surface area (Å²) in [6.07, 6.45) is 1.97. The molecule has 0 radical (unpaired) electrons. The lowest BCUT2D eigenvalue weighted by molar-refractivity contribution is 0.597. The van der Waals surface area contributed by atoms with Crippen molar-refractivity contribution in [3.63, 3.8) is 0 Å². The van der Waals surface area contributed by atoms with Gasteiger partial charge in [0.1, 0.15) is 0 Å². The zero-order chi connectivity index (χ0) is 21.9. The predicted octanol–water partition coefficient (Wildman–Crippen LogP) is 9.00. The zero-order valence-electron chi connectivity index (χ0n) is 19.2. The van der Waals surface area contributed by atoms with Gasteiger partial charge in [-0.3, -0.25) is 4.98 Å². The molecule has 2 heterocycles. The van der Waals surface area contributed by atoms with Gasteiger partial charge in [-0.1, -0.05) is 65.0 Å². The highest BCUT2D eigenvalue weighted by Crippen LogP contribution is 2.40. The summed E-state index contributed by atoms with van der Waals surface area (Å²) in [6, 6.07) is 20.6. The quantitative estimate of drug-likeness (QED) is 0.258. The van der Waals surface area contributed by atoms with E-state index < -0.39 is 0 Å². The van der Waals surface area contributed by atoms with Crippen LogP contribution in [0.3, 0.4) is 0 Å². The van der Waals surface area contributed by atoms with E-state index in [2.05, 4.69) is 96.1 Å². The molecule has 0 fully saturated rings. The van der Waals surface area contributed by atoms with Crippen LogP contribution in [0.15, 0.2) is 60.8 Å². The van der Waals surface area contributed by atoms with Gasteiger partial charge in [0.25, 0.3) is 0 Å². The lowest BCUT2D eigenvalue weighted by Gasteiger charge is -2.21. The molecule has 2 aromatic heterocycles. The minimum absolute atomic E-state index is 0.0794. The standard InChI is InChI=1S/C29H29NS/c1-17(2)19-7-9-23-20(14-19)8-10-25-24(23)11-12-30-27(25)21-15-22-13-18(3)31-28(22)26(16-21)29(4,5)6/h7-17H,1-6H3. The number of benzene rings is 3. The van der Waals surface area contributed by atoms with Gasteiger partial charge in [-0.2, -0.15) is 0 Å². The fraction of sp³-hybridized carbons (Fsp3) is 0.276. The molecule has 1 nitrogen and oxygen atoms in total. The van der Waals surface area contributed by atoms with E-state index in [1.165, 1.54) is 53.2 Å². The maximum Gasteiger partial charge on any atom is 0.0780 e. The van der Waals surface area contributed by atoms with Crippen LogP contribution in [0.5, 0.6) is 0 Å². The molecule has 2 heteroatoms. The van der Waals surface area contributed by atoms with Crippen molar-refractivity contribution < 1.29 is 0 Å². The van der Waals surface area contributed by atoms with Crippen LogP contribution >= 0.6 is 11.3 Å². The first kappa shape index (κ1) is 20.2. The lowest BCUT2D eigenvalue weighted by atomic mass is 9.84. The lowest BCUT2D eigenvalue weighted by Crippen LogP contribution is -2.11. The van der Waals surface area contributed by atoms with E-state index in [1.54, 1.807) is 0 Å². The van der Waals surface area contributed by atoms with Crippen LogP contribution in [-0.2, 0) is 5.41 Å². The monoisotopic (exact) mass is 423 g/mol. The Balaban J connectivity index is 1.79. The molecule has 31 heavy (non-hydrogen) atoms. The van der Waals surface area contributed by atoms with Crippen LogP contribution in [0, 0.1) is 6.92 Å². The Morgan fingerprint density at radius 2 is 1.58 bits per heavy atom. The van der Waals surface area contributed by atoms with Crippen molar-refractivity contribution in [1.29, 1.82) is 0 Å². The molecule has 0 aliphatic rings. The minimum Gasteiger partial charge on any atom is -0.256 e. The molecule has 5 rings (SSSR count). The fourth-order valence-electron chi connectivity index (χ4n) is 4.58. The van der Waals surface area contributed by atoms with Crippen LogP contribution in [0.25, 0.3) is 42.9 Å². The van der Waals surface area contributed by atoms with E-state index in [1.807, 2.05) is 17.5 Å². The third kappa shape index (κ3) is 3.43. The summed E-state index contributed by atoms with van der Waals surface area (Å²) in [4.78, 5) is 6.23. The van der Waals surface area contributed by atoms with Gasteiger partial charge >= 0.3 is 0 Å². The van der Waals surface area contributed by atoms with Gasteiger partial charge in [0.05, 0.1) is 5.69 Å². The number of fused-ring (bicyclic) bond motifs is 4. The Hall–Kier alpha value is -2.71. The van der Waals surface area contributed by atoms with Crippen LogP contribution in [-0.4, -0.2) is 4.98 Å². The van der Waals surface area contributed by atoms with Crippen LogP contribution < -0.4 is 0 Å². The van der Waals surface area contributed by atoms with E-state index in [0.717, 1.165) is 5.69 Å². The van der Waals surface area contributed by atoms with Gasteiger partial charge in [0.15, 0.2) is 0 Å². The second-order valence-corrected chi connectivity index (χ2v) is 11.3. The number of aryl methyl sites for hydroxylation is 1. The first-order chi connectivity index (χ1) is 14.7. The maximum absolute atomic E-state index is 4.87. The topological polar surface area (TPSA) is 12.9 Å². The van der Waals surface area contributed by atoms with Gasteiger partial charge < -0.3 is 0 Å². The Bertz CT molecular complexity index is 1450. The number of rotatable bonds is 2. The molecule has 156 valence electrons. The fourth-order valence-corrected chi connectivity index (χ4v) is 5.80. The summed E-state index contributed by atoms with van der Waals surface area (Å²) in [7, 11) is 0. The SMILES string of the molecule is Cc1cc2cc(-c3nccc4c3ccc3cc(C(C)C)ccc34)cc(C(C)(C)C)c2s1. The first-order valence-electron chi connectivity index (χ1n) is 11.1. The largest absolute Gasteiger partial charge is 0.256 e. The van der Waals surface area contributed by atoms with Crippen molar-refractivity contribution in [1.82, 2.24) is 4.98 Å². The van der Waals surface area contributed by atoms with Crippen molar-refractivity contribution in [2.75, 3.05) is 0 Å². The van der Waals surface area contributed by atoms with E-state index in [9.17, 15) is 0 Å². The normalized spacial score (nSPS) is 12.5. The number of pyridine rings is 1. The third-order valence-electron chi connectivity index (χ3n) is 6.27. The van der Waals surface area contributed by atoms with E-state index >= 15 is 0 Å². The Morgan fingerprint density at radius 1 is 0.806 bits per heavy atom. The Kier molecular flexibility index (Phi) is 4.67. The summed E-state index contributed by atoms with van der Waals surface area (Å²) in [5.41, 5.74) is 5.15. The van der Waals surface area contributed by atoms with Crippen LogP contribution in [0.1, 0.15) is 56.5 Å². The zero-order valence-corrected chi connectivity index (χ0v) is 20.0. The van der Waals surface area contributed by atoms with Crippen molar-refractivity contribution in [2.45, 2.75) is 52.9 Å². The molecule has 0 amide bonds. The molecule has 0 unspecified atom stereocenters. The molecule has 0 spiro atoms. The van der Waals surface area contributed by atoms with Gasteiger partial charge in [0, 0.05) is 26.7 Å². The van der Waals surface area contributed by atoms with Gasteiger partial charge in [-0.05, 0) is 75.2 Å². The van der Waals surface area contributed by atoms with Crippen molar-refractivity contribution in [3.05, 3.63) is 76.8 Å². The van der Waals surface area contributed by atoms with Crippen LogP contribution in [0.4, 0.5) is 0 Å². The Labute approximate surface area is 188 Å². The number of aromatic nitrogens is 1. The highest BCUT2D eigenvalue weighted by molar-refractivity contribution is 7.19. The van der Waals surface area contributed by atoms with E-state index in [4.69, 9.17) is 4.98 Å². The number of hydrogen-bond acceptors (Lipinski definition) is 2. The second-order valence-electron chi connectivity index (χ2n) is 10.0.